The molecule has 7 heteroatoms. The summed E-state index contributed by atoms with van der Waals surface area (Å²) in [5.41, 5.74) is 0. The first-order chi connectivity index (χ1) is 8.52. The highest BCUT2D eigenvalue weighted by molar-refractivity contribution is 6.08. The van der Waals surface area contributed by atoms with Gasteiger partial charge >= 0.3 is 0 Å². The number of amides is 2. The molecule has 0 spiro atoms. The van der Waals surface area contributed by atoms with E-state index in [-0.39, 0.29) is 29.9 Å². The summed E-state index contributed by atoms with van der Waals surface area (Å²) >= 11 is 0. The van der Waals surface area contributed by atoms with Crippen LogP contribution in [0.4, 0.5) is 0 Å². The third-order valence-electron chi connectivity index (χ3n) is 2.90. The molecule has 0 saturated heterocycles. The highest BCUT2D eigenvalue weighted by atomic mass is 16.2. The number of hydrogen-bond acceptors (Lipinski definition) is 5. The molecule has 2 atom stereocenters. The van der Waals surface area contributed by atoms with Gasteiger partial charge in [0.05, 0.1) is 6.34 Å². The zero-order valence-corrected chi connectivity index (χ0v) is 10.7. The summed E-state index contributed by atoms with van der Waals surface area (Å²) in [5.74, 6) is -0.357. The van der Waals surface area contributed by atoms with Gasteiger partial charge in [0, 0.05) is 12.5 Å². The van der Waals surface area contributed by atoms with Crippen molar-refractivity contribution in [3.05, 3.63) is 0 Å². The number of likely N-dealkylation sites (N-methyl/N-ethyl adjacent to an activating group) is 1. The van der Waals surface area contributed by atoms with E-state index in [9.17, 15) is 9.59 Å². The fourth-order valence-electron chi connectivity index (χ4n) is 1.78. The topological polar surface area (TPSA) is 86.2 Å². The first kappa shape index (κ1) is 12.5. The lowest BCUT2D eigenvalue weighted by Crippen LogP contribution is -2.56. The van der Waals surface area contributed by atoms with E-state index < -0.39 is 6.04 Å². The second kappa shape index (κ2) is 4.75. The summed E-state index contributed by atoms with van der Waals surface area (Å²) in [6.45, 7) is 6.23. The number of hydrogen-bond donors (Lipinski definition) is 2. The summed E-state index contributed by atoms with van der Waals surface area (Å²) < 4.78 is 0. The van der Waals surface area contributed by atoms with Crippen LogP contribution in [-0.4, -0.2) is 47.8 Å². The number of carbonyl (C=O) groups excluding carboxylic acids is 2. The van der Waals surface area contributed by atoms with Crippen molar-refractivity contribution in [3.8, 4) is 0 Å². The van der Waals surface area contributed by atoms with Gasteiger partial charge in [0.1, 0.15) is 0 Å². The molecule has 0 aromatic rings. The van der Waals surface area contributed by atoms with Crippen molar-refractivity contribution in [2.75, 3.05) is 6.54 Å². The fraction of sp³-hybridized carbons (Fsp3) is 0.636. The van der Waals surface area contributed by atoms with Gasteiger partial charge in [0.15, 0.2) is 12.2 Å². The smallest absolute Gasteiger partial charge is 0.255 e. The molecule has 2 heterocycles. The van der Waals surface area contributed by atoms with Crippen LogP contribution in [0, 0.1) is 5.92 Å². The standard InChI is InChI=1S/C11H17N5O2/c1-4-16-5-12-7-8(16)13-11(15-10(7)18)14-9(17)6(2)3/h5-8H,4H2,1-3H3,(H2,13,14,15,17,18). The lowest BCUT2D eigenvalue weighted by Gasteiger charge is -2.28. The predicted octanol–water partition coefficient (Wildman–Crippen LogP) is -0.697. The molecule has 0 saturated carbocycles. The number of aliphatic imine (C=N–C) groups is 2. The maximum Gasteiger partial charge on any atom is 0.255 e. The van der Waals surface area contributed by atoms with E-state index in [0.717, 1.165) is 0 Å². The summed E-state index contributed by atoms with van der Waals surface area (Å²) in [5, 5.41) is 5.16. The molecule has 2 N–H and O–H groups in total. The van der Waals surface area contributed by atoms with Gasteiger partial charge in [-0.1, -0.05) is 13.8 Å². The number of nitrogens with zero attached hydrogens (tertiary/aromatic N) is 3. The Morgan fingerprint density at radius 3 is 2.94 bits per heavy atom. The van der Waals surface area contributed by atoms with Crippen LogP contribution in [0.3, 0.4) is 0 Å². The third-order valence-corrected chi connectivity index (χ3v) is 2.90. The fourth-order valence-corrected chi connectivity index (χ4v) is 1.78. The summed E-state index contributed by atoms with van der Waals surface area (Å²) in [4.78, 5) is 33.7. The monoisotopic (exact) mass is 251 g/mol. The van der Waals surface area contributed by atoms with Crippen LogP contribution >= 0.6 is 0 Å². The SMILES string of the molecule is CCN1C=NC2C(=O)NC(NC(=O)C(C)C)=NC21. The number of nitrogens with one attached hydrogen (secondary N) is 2. The molecule has 2 amide bonds. The zero-order chi connectivity index (χ0) is 13.3. The Bertz CT molecular complexity index is 429. The second-order valence-corrected chi connectivity index (χ2v) is 4.56. The van der Waals surface area contributed by atoms with Crippen molar-refractivity contribution in [1.29, 1.82) is 0 Å². The molecular formula is C11H17N5O2. The van der Waals surface area contributed by atoms with E-state index in [1.807, 2.05) is 11.8 Å². The molecule has 98 valence electrons. The average molecular weight is 251 g/mol. The van der Waals surface area contributed by atoms with Crippen molar-refractivity contribution >= 4 is 24.1 Å². The van der Waals surface area contributed by atoms with E-state index in [0.29, 0.717) is 6.54 Å². The van der Waals surface area contributed by atoms with Crippen LogP contribution in [0.2, 0.25) is 0 Å². The number of carbonyl (C=O) groups is 2. The lowest BCUT2D eigenvalue weighted by atomic mass is 10.2. The van der Waals surface area contributed by atoms with Gasteiger partial charge in [-0.25, -0.2) is 4.99 Å². The highest BCUT2D eigenvalue weighted by Gasteiger charge is 2.39. The quantitative estimate of drug-likeness (QED) is 0.680. The molecule has 0 bridgehead atoms. The Hall–Kier alpha value is -1.92. The van der Waals surface area contributed by atoms with Crippen molar-refractivity contribution in [1.82, 2.24) is 15.5 Å². The van der Waals surface area contributed by atoms with E-state index >= 15 is 0 Å². The van der Waals surface area contributed by atoms with Gasteiger partial charge in [-0.15, -0.1) is 0 Å². The van der Waals surface area contributed by atoms with E-state index in [2.05, 4.69) is 20.6 Å². The van der Waals surface area contributed by atoms with E-state index in [1.165, 1.54) is 0 Å². The molecule has 0 aromatic heterocycles. The van der Waals surface area contributed by atoms with Crippen LogP contribution in [0.5, 0.6) is 0 Å². The van der Waals surface area contributed by atoms with Crippen LogP contribution in [0.25, 0.3) is 0 Å². The van der Waals surface area contributed by atoms with Crippen LogP contribution < -0.4 is 10.6 Å². The minimum Gasteiger partial charge on any atom is -0.339 e. The molecule has 0 fully saturated rings. The van der Waals surface area contributed by atoms with Crippen LogP contribution in [0.1, 0.15) is 20.8 Å². The molecule has 0 aromatic carbocycles. The Kier molecular flexibility index (Phi) is 3.31. The Balaban J connectivity index is 2.14. The predicted molar refractivity (Wildman–Crippen MR) is 67.0 cm³/mol. The Morgan fingerprint density at radius 1 is 1.61 bits per heavy atom. The van der Waals surface area contributed by atoms with Gasteiger partial charge in [-0.2, -0.15) is 0 Å². The highest BCUT2D eigenvalue weighted by Crippen LogP contribution is 2.17. The largest absolute Gasteiger partial charge is 0.339 e. The number of rotatable bonds is 2. The molecule has 0 aliphatic carbocycles. The number of guanidine groups is 1. The Labute approximate surface area is 105 Å². The molecule has 2 aliphatic heterocycles. The van der Waals surface area contributed by atoms with Gasteiger partial charge in [0.2, 0.25) is 11.9 Å². The first-order valence-electron chi connectivity index (χ1n) is 6.01. The summed E-state index contributed by atoms with van der Waals surface area (Å²) in [6.07, 6.45) is 1.29. The lowest BCUT2D eigenvalue weighted by molar-refractivity contribution is -0.123. The number of fused-ring (bicyclic) bond motifs is 1. The molecule has 18 heavy (non-hydrogen) atoms. The van der Waals surface area contributed by atoms with E-state index in [4.69, 9.17) is 0 Å². The summed E-state index contributed by atoms with van der Waals surface area (Å²) in [7, 11) is 0. The molecule has 2 aliphatic rings. The normalized spacial score (nSPS) is 25.9. The van der Waals surface area contributed by atoms with Gasteiger partial charge in [-0.3, -0.25) is 25.2 Å². The van der Waals surface area contributed by atoms with E-state index in [1.54, 1.807) is 20.2 Å². The molecule has 2 unspecified atom stereocenters. The maximum atomic E-state index is 11.8. The molecule has 2 rings (SSSR count). The van der Waals surface area contributed by atoms with Gasteiger partial charge < -0.3 is 4.90 Å². The van der Waals surface area contributed by atoms with Gasteiger partial charge in [-0.05, 0) is 6.92 Å². The van der Waals surface area contributed by atoms with Crippen molar-refractivity contribution in [2.45, 2.75) is 33.0 Å². The molecule has 0 radical (unpaired) electrons. The van der Waals surface area contributed by atoms with Crippen LogP contribution in [-0.2, 0) is 9.59 Å². The zero-order valence-electron chi connectivity index (χ0n) is 10.7. The summed E-state index contributed by atoms with van der Waals surface area (Å²) in [6, 6.07) is -0.510. The van der Waals surface area contributed by atoms with Crippen LogP contribution in [0.15, 0.2) is 9.98 Å². The minimum atomic E-state index is -0.510. The van der Waals surface area contributed by atoms with Crippen molar-refractivity contribution in [2.24, 2.45) is 15.9 Å². The average Bonchev–Trinajstić information content (AvgIpc) is 2.72. The Morgan fingerprint density at radius 2 is 2.33 bits per heavy atom. The second-order valence-electron chi connectivity index (χ2n) is 4.56. The van der Waals surface area contributed by atoms with Crippen molar-refractivity contribution < 1.29 is 9.59 Å². The third kappa shape index (κ3) is 2.20. The first-order valence-corrected chi connectivity index (χ1v) is 6.01. The maximum absolute atomic E-state index is 11.8. The van der Waals surface area contributed by atoms with Gasteiger partial charge in [0.25, 0.3) is 5.91 Å². The molecule has 7 nitrogen and oxygen atoms in total. The minimum absolute atomic E-state index is 0.163. The molecular weight excluding hydrogens is 234 g/mol. The van der Waals surface area contributed by atoms with Crippen molar-refractivity contribution in [3.63, 3.8) is 0 Å².